The van der Waals surface area contributed by atoms with Crippen LogP contribution in [-0.2, 0) is 0 Å². The van der Waals surface area contributed by atoms with E-state index in [9.17, 15) is 0 Å². The molecule has 17 heavy (non-hydrogen) atoms. The monoisotopic (exact) mass is 255 g/mol. The van der Waals surface area contributed by atoms with Gasteiger partial charge in [-0.3, -0.25) is 0 Å². The van der Waals surface area contributed by atoms with Crippen LogP contribution in [0.15, 0.2) is 12.1 Å². The lowest BCUT2D eigenvalue weighted by Crippen LogP contribution is -2.10. The molecule has 0 amide bonds. The number of ether oxygens (including phenoxy) is 2. The highest BCUT2D eigenvalue weighted by Crippen LogP contribution is 2.52. The molecule has 0 saturated heterocycles. The molecule has 94 valence electrons. The van der Waals surface area contributed by atoms with Crippen LogP contribution in [0.5, 0.6) is 11.5 Å². The summed E-state index contributed by atoms with van der Waals surface area (Å²) in [6.45, 7) is 1.04. The van der Waals surface area contributed by atoms with Gasteiger partial charge in [-0.2, -0.15) is 0 Å². The summed E-state index contributed by atoms with van der Waals surface area (Å²) in [5.41, 5.74) is 1.17. The zero-order chi connectivity index (χ0) is 12.4. The largest absolute Gasteiger partial charge is 0.493 e. The van der Waals surface area contributed by atoms with Crippen molar-refractivity contribution < 1.29 is 9.47 Å². The number of rotatable bonds is 5. The lowest BCUT2D eigenvalue weighted by Gasteiger charge is -2.12. The molecular weight excluding hydrogens is 238 g/mol. The molecule has 2 rings (SSSR count). The topological polar surface area (TPSA) is 30.5 Å². The maximum atomic E-state index is 6.37. The first kappa shape index (κ1) is 12.5. The minimum absolute atomic E-state index is 0.551. The van der Waals surface area contributed by atoms with Gasteiger partial charge in [0.05, 0.1) is 19.2 Å². The van der Waals surface area contributed by atoms with Gasteiger partial charge in [-0.25, -0.2) is 0 Å². The van der Waals surface area contributed by atoms with Crippen molar-refractivity contribution in [1.82, 2.24) is 5.32 Å². The molecule has 0 bridgehead atoms. The van der Waals surface area contributed by atoms with Crippen molar-refractivity contribution in [1.29, 1.82) is 0 Å². The normalized spacial score (nSPS) is 22.4. The Morgan fingerprint density at radius 3 is 2.71 bits per heavy atom. The molecule has 1 aromatic rings. The summed E-state index contributed by atoms with van der Waals surface area (Å²) in [6.07, 6.45) is 1.19. The Morgan fingerprint density at radius 2 is 2.12 bits per heavy atom. The Balaban J connectivity index is 2.25. The molecular formula is C13H18ClNO2. The number of nitrogens with one attached hydrogen (secondary N) is 1. The molecule has 1 N–H and O–H groups in total. The summed E-state index contributed by atoms with van der Waals surface area (Å²) in [5, 5.41) is 3.89. The van der Waals surface area contributed by atoms with Gasteiger partial charge in [0.15, 0.2) is 11.5 Å². The molecule has 0 aliphatic heterocycles. The second-order valence-electron chi connectivity index (χ2n) is 4.36. The summed E-state index contributed by atoms with van der Waals surface area (Å²) in [4.78, 5) is 0. The van der Waals surface area contributed by atoms with E-state index in [4.69, 9.17) is 21.1 Å². The van der Waals surface area contributed by atoms with E-state index in [1.807, 2.05) is 19.2 Å². The van der Waals surface area contributed by atoms with E-state index >= 15 is 0 Å². The fraction of sp³-hybridized carbons (Fsp3) is 0.538. The minimum Gasteiger partial charge on any atom is -0.493 e. The first-order chi connectivity index (χ1) is 8.22. The standard InChI is InChI=1S/C13H18ClNO2/c1-15-7-8-6-10(8)9-4-5-11(16-2)13(17-3)12(9)14/h4-5,8,10,15H,6-7H2,1-3H3. The first-order valence-electron chi connectivity index (χ1n) is 5.77. The Hall–Kier alpha value is -0.930. The van der Waals surface area contributed by atoms with E-state index in [1.165, 1.54) is 12.0 Å². The molecule has 1 saturated carbocycles. The van der Waals surface area contributed by atoms with Crippen molar-refractivity contribution in [2.24, 2.45) is 5.92 Å². The van der Waals surface area contributed by atoms with Gasteiger partial charge in [0, 0.05) is 0 Å². The van der Waals surface area contributed by atoms with Crippen molar-refractivity contribution in [2.75, 3.05) is 27.8 Å². The van der Waals surface area contributed by atoms with Crippen LogP contribution in [0.1, 0.15) is 17.9 Å². The molecule has 0 aromatic heterocycles. The molecule has 1 aromatic carbocycles. The van der Waals surface area contributed by atoms with Crippen LogP contribution in [-0.4, -0.2) is 27.8 Å². The molecule has 2 atom stereocenters. The second kappa shape index (κ2) is 5.15. The number of hydrogen-bond acceptors (Lipinski definition) is 3. The predicted molar refractivity (Wildman–Crippen MR) is 69.3 cm³/mol. The van der Waals surface area contributed by atoms with E-state index in [1.54, 1.807) is 14.2 Å². The molecule has 1 aliphatic rings. The zero-order valence-electron chi connectivity index (χ0n) is 10.4. The van der Waals surface area contributed by atoms with Crippen LogP contribution < -0.4 is 14.8 Å². The lowest BCUT2D eigenvalue weighted by molar-refractivity contribution is 0.354. The average molecular weight is 256 g/mol. The Morgan fingerprint density at radius 1 is 1.35 bits per heavy atom. The molecule has 3 nitrogen and oxygen atoms in total. The van der Waals surface area contributed by atoms with Gasteiger partial charge in [0.2, 0.25) is 0 Å². The van der Waals surface area contributed by atoms with Crippen LogP contribution in [0.2, 0.25) is 5.02 Å². The van der Waals surface area contributed by atoms with Gasteiger partial charge in [-0.1, -0.05) is 17.7 Å². The third-order valence-electron chi connectivity index (χ3n) is 3.30. The molecule has 1 fully saturated rings. The third kappa shape index (κ3) is 2.35. The number of benzene rings is 1. The van der Waals surface area contributed by atoms with Crippen molar-refractivity contribution in [3.8, 4) is 11.5 Å². The maximum absolute atomic E-state index is 6.37. The average Bonchev–Trinajstić information content (AvgIpc) is 3.08. The van der Waals surface area contributed by atoms with Crippen LogP contribution in [0.3, 0.4) is 0 Å². The smallest absolute Gasteiger partial charge is 0.179 e. The van der Waals surface area contributed by atoms with Gasteiger partial charge >= 0.3 is 0 Å². The molecule has 0 spiro atoms. The molecule has 4 heteroatoms. The van der Waals surface area contributed by atoms with E-state index < -0.39 is 0 Å². The summed E-state index contributed by atoms with van der Waals surface area (Å²) >= 11 is 6.37. The van der Waals surface area contributed by atoms with Gasteiger partial charge in [-0.15, -0.1) is 0 Å². The number of halogens is 1. The van der Waals surface area contributed by atoms with Crippen molar-refractivity contribution in [2.45, 2.75) is 12.3 Å². The van der Waals surface area contributed by atoms with Gasteiger partial charge < -0.3 is 14.8 Å². The van der Waals surface area contributed by atoms with Gasteiger partial charge in [0.1, 0.15) is 0 Å². The third-order valence-corrected chi connectivity index (χ3v) is 3.69. The summed E-state index contributed by atoms with van der Waals surface area (Å²) < 4.78 is 10.5. The number of methoxy groups -OCH3 is 2. The molecule has 2 unspecified atom stereocenters. The van der Waals surface area contributed by atoms with Crippen molar-refractivity contribution in [3.63, 3.8) is 0 Å². The predicted octanol–water partition coefficient (Wildman–Crippen LogP) is 2.68. The van der Waals surface area contributed by atoms with Crippen molar-refractivity contribution >= 4 is 11.6 Å². The Labute approximate surface area is 107 Å². The van der Waals surface area contributed by atoms with Crippen molar-refractivity contribution in [3.05, 3.63) is 22.7 Å². The maximum Gasteiger partial charge on any atom is 0.179 e. The highest BCUT2D eigenvalue weighted by Gasteiger charge is 2.39. The van der Waals surface area contributed by atoms with Crippen LogP contribution >= 0.6 is 11.6 Å². The second-order valence-corrected chi connectivity index (χ2v) is 4.74. The van der Waals surface area contributed by atoms with E-state index in [0.29, 0.717) is 28.4 Å². The molecule has 1 aliphatic carbocycles. The highest BCUT2D eigenvalue weighted by atomic mass is 35.5. The highest BCUT2D eigenvalue weighted by molar-refractivity contribution is 6.33. The Kier molecular flexibility index (Phi) is 3.79. The van der Waals surface area contributed by atoms with Crippen LogP contribution in [0, 0.1) is 5.92 Å². The summed E-state index contributed by atoms with van der Waals surface area (Å²) in [5.74, 6) is 2.57. The van der Waals surface area contributed by atoms with E-state index in [-0.39, 0.29) is 0 Å². The van der Waals surface area contributed by atoms with Crippen LogP contribution in [0.4, 0.5) is 0 Å². The fourth-order valence-corrected chi connectivity index (χ4v) is 2.68. The van der Waals surface area contributed by atoms with Gasteiger partial charge in [0.25, 0.3) is 0 Å². The van der Waals surface area contributed by atoms with E-state index in [0.717, 1.165) is 6.54 Å². The lowest BCUT2D eigenvalue weighted by atomic mass is 10.1. The number of hydrogen-bond donors (Lipinski definition) is 1. The van der Waals surface area contributed by atoms with Gasteiger partial charge in [-0.05, 0) is 43.5 Å². The summed E-state index contributed by atoms with van der Waals surface area (Å²) in [6, 6.07) is 3.97. The van der Waals surface area contributed by atoms with E-state index in [2.05, 4.69) is 5.32 Å². The minimum atomic E-state index is 0.551. The summed E-state index contributed by atoms with van der Waals surface area (Å²) in [7, 11) is 5.21. The quantitative estimate of drug-likeness (QED) is 0.878. The SMILES string of the molecule is CNCC1CC1c1ccc(OC)c(OC)c1Cl. The zero-order valence-corrected chi connectivity index (χ0v) is 11.2. The fourth-order valence-electron chi connectivity index (χ4n) is 2.31. The van der Waals surface area contributed by atoms with Crippen LogP contribution in [0.25, 0.3) is 0 Å². The molecule has 0 radical (unpaired) electrons. The molecule has 0 heterocycles. The first-order valence-corrected chi connectivity index (χ1v) is 6.15. The Bertz CT molecular complexity index is 409.